The number of benzene rings is 3. The van der Waals surface area contributed by atoms with Crippen LogP contribution in [0.25, 0.3) is 10.8 Å². The molecule has 0 aromatic heterocycles. The second-order valence-corrected chi connectivity index (χ2v) is 10.9. The molecule has 5 nitrogen and oxygen atoms in total. The summed E-state index contributed by atoms with van der Waals surface area (Å²) in [5.74, 6) is -0.597. The van der Waals surface area contributed by atoms with E-state index in [1.165, 1.54) is 27.5 Å². The molecule has 2 aliphatic rings. The zero-order chi connectivity index (χ0) is 24.7. The number of carbonyl (C=O) groups is 1. The second kappa shape index (κ2) is 9.38. The minimum atomic E-state index is -0.693. The lowest BCUT2D eigenvalue weighted by atomic mass is 9.93. The molecular weight excluding hydrogens is 438 g/mol. The van der Waals surface area contributed by atoms with E-state index in [0.717, 1.165) is 18.4 Å². The summed E-state index contributed by atoms with van der Waals surface area (Å²) in [5, 5.41) is 26.1. The van der Waals surface area contributed by atoms with Gasteiger partial charge >= 0.3 is 5.97 Å². The van der Waals surface area contributed by atoms with Crippen LogP contribution in [0.1, 0.15) is 55.0 Å². The zero-order valence-electron chi connectivity index (χ0n) is 20.7. The van der Waals surface area contributed by atoms with Crippen molar-refractivity contribution in [1.82, 2.24) is 5.32 Å². The molecule has 0 amide bonds. The molecule has 5 rings (SSSR count). The highest BCUT2D eigenvalue weighted by molar-refractivity contribution is 5.83. The van der Waals surface area contributed by atoms with Crippen LogP contribution < -0.4 is 5.32 Å². The minimum Gasteiger partial charge on any atom is -0.481 e. The Morgan fingerprint density at radius 1 is 1.11 bits per heavy atom. The van der Waals surface area contributed by atoms with Gasteiger partial charge in [0.2, 0.25) is 0 Å². The van der Waals surface area contributed by atoms with E-state index in [1.807, 2.05) is 19.1 Å². The summed E-state index contributed by atoms with van der Waals surface area (Å²) in [5.41, 5.74) is 4.57. The average molecular weight is 474 g/mol. The number of rotatable bonds is 10. The lowest BCUT2D eigenvalue weighted by Gasteiger charge is -2.28. The van der Waals surface area contributed by atoms with Gasteiger partial charge in [0.05, 0.1) is 24.7 Å². The highest BCUT2D eigenvalue weighted by Gasteiger charge is 2.60. The number of hydrogen-bond acceptors (Lipinski definition) is 4. The van der Waals surface area contributed by atoms with Crippen molar-refractivity contribution in [3.05, 3.63) is 82.9 Å². The van der Waals surface area contributed by atoms with Gasteiger partial charge in [0.15, 0.2) is 0 Å². The number of β-amino-alcohol motifs (C(OH)–C–C–N with tert-alkyl or cyclic N) is 1. The van der Waals surface area contributed by atoms with Gasteiger partial charge < -0.3 is 20.3 Å². The number of carboxylic acid groups (broad SMARTS) is 1. The zero-order valence-corrected chi connectivity index (χ0v) is 20.7. The summed E-state index contributed by atoms with van der Waals surface area (Å²) < 4.78 is 6.07. The van der Waals surface area contributed by atoms with Crippen LogP contribution in [-0.2, 0) is 22.4 Å². The Hall–Kier alpha value is -2.73. The van der Waals surface area contributed by atoms with E-state index in [1.54, 1.807) is 0 Å². The summed E-state index contributed by atoms with van der Waals surface area (Å²) in [7, 11) is 0. The first-order valence-electron chi connectivity index (χ1n) is 12.6. The van der Waals surface area contributed by atoms with Crippen molar-refractivity contribution in [2.45, 2.75) is 57.3 Å². The molecule has 3 aromatic carbocycles. The van der Waals surface area contributed by atoms with Crippen LogP contribution in [0.2, 0.25) is 0 Å². The molecule has 184 valence electrons. The molecule has 0 saturated heterocycles. The quantitative estimate of drug-likeness (QED) is 0.392. The normalized spacial score (nSPS) is 22.5. The molecule has 0 spiro atoms. The molecule has 2 aliphatic carbocycles. The Morgan fingerprint density at radius 2 is 1.89 bits per heavy atom. The molecule has 0 bridgehead atoms. The van der Waals surface area contributed by atoms with Crippen molar-refractivity contribution in [2.75, 3.05) is 13.2 Å². The van der Waals surface area contributed by atoms with Gasteiger partial charge in [-0.15, -0.1) is 0 Å². The van der Waals surface area contributed by atoms with Crippen LogP contribution in [0.4, 0.5) is 0 Å². The largest absolute Gasteiger partial charge is 0.481 e. The molecule has 0 unspecified atom stereocenters. The van der Waals surface area contributed by atoms with Crippen LogP contribution in [-0.4, -0.2) is 41.0 Å². The third-order valence-corrected chi connectivity index (χ3v) is 7.73. The van der Waals surface area contributed by atoms with Crippen molar-refractivity contribution >= 4 is 16.7 Å². The lowest BCUT2D eigenvalue weighted by Crippen LogP contribution is -2.46. The fraction of sp³-hybridized carbons (Fsp3) is 0.433. The van der Waals surface area contributed by atoms with Crippen molar-refractivity contribution in [3.63, 3.8) is 0 Å². The first-order valence-corrected chi connectivity index (χ1v) is 12.6. The number of aliphatic hydroxyl groups is 1. The van der Waals surface area contributed by atoms with E-state index >= 15 is 0 Å². The first kappa shape index (κ1) is 24.0. The summed E-state index contributed by atoms with van der Waals surface area (Å²) in [4.78, 5) is 11.5. The smallest absolute Gasteiger partial charge is 0.307 e. The number of carboxylic acids is 1. The predicted molar refractivity (Wildman–Crippen MR) is 138 cm³/mol. The third-order valence-electron chi connectivity index (χ3n) is 7.73. The molecule has 5 heteroatoms. The average Bonchev–Trinajstić information content (AvgIpc) is 3.42. The van der Waals surface area contributed by atoms with Crippen molar-refractivity contribution in [3.8, 4) is 0 Å². The molecule has 0 heterocycles. The fourth-order valence-corrected chi connectivity index (χ4v) is 5.90. The SMILES string of the molecule is C[C@@H](OC[C@H](O)CNC(C)(C)Cc1ccc2ccccc2c1)c1cccc2c1[C@H]1[C@@H](C2)[C@@H]1C(=O)O. The Kier molecular flexibility index (Phi) is 6.43. The topological polar surface area (TPSA) is 78.8 Å². The van der Waals surface area contributed by atoms with Gasteiger partial charge in [-0.25, -0.2) is 0 Å². The number of nitrogens with one attached hydrogen (secondary N) is 1. The maximum Gasteiger partial charge on any atom is 0.307 e. The monoisotopic (exact) mass is 473 g/mol. The maximum atomic E-state index is 11.5. The standard InChI is InChI=1S/C30H35NO4/c1-18(24-10-6-9-22-14-25-27(26(22)24)28(25)29(33)34)35-17-23(32)16-31-30(2,3)15-19-11-12-20-7-4-5-8-21(20)13-19/h4-13,18,23,25,27-28,31-32H,14-17H2,1-3H3,(H,33,34)/t18-,23-,25-,27-,28+/m1/s1. The Balaban J connectivity index is 1.14. The molecule has 3 aromatic rings. The lowest BCUT2D eigenvalue weighted by molar-refractivity contribution is -0.139. The van der Waals surface area contributed by atoms with Gasteiger partial charge in [-0.05, 0) is 72.6 Å². The number of fused-ring (bicyclic) bond motifs is 4. The number of ether oxygens (including phenoxy) is 1. The predicted octanol–water partition coefficient (Wildman–Crippen LogP) is 4.86. The third kappa shape index (κ3) is 4.99. The fourth-order valence-electron chi connectivity index (χ4n) is 5.90. The molecule has 3 N–H and O–H groups in total. The summed E-state index contributed by atoms with van der Waals surface area (Å²) in [6.45, 7) is 6.95. The molecular formula is C30H35NO4. The molecule has 5 atom stereocenters. The van der Waals surface area contributed by atoms with Crippen molar-refractivity contribution < 1.29 is 19.7 Å². The Labute approximate surface area is 207 Å². The van der Waals surface area contributed by atoms with Crippen molar-refractivity contribution in [1.29, 1.82) is 0 Å². The van der Waals surface area contributed by atoms with Crippen LogP contribution in [0.5, 0.6) is 0 Å². The number of aliphatic hydroxyl groups excluding tert-OH is 1. The molecule has 1 fully saturated rings. The van der Waals surface area contributed by atoms with Gasteiger partial charge in [0.25, 0.3) is 0 Å². The molecule has 35 heavy (non-hydrogen) atoms. The van der Waals surface area contributed by atoms with Crippen LogP contribution in [0.15, 0.2) is 60.7 Å². The van der Waals surface area contributed by atoms with Gasteiger partial charge in [0, 0.05) is 18.0 Å². The summed E-state index contributed by atoms with van der Waals surface area (Å²) in [6, 6.07) is 21.1. The summed E-state index contributed by atoms with van der Waals surface area (Å²) in [6.07, 6.45) is 0.867. The first-order chi connectivity index (χ1) is 16.7. The van der Waals surface area contributed by atoms with Crippen LogP contribution in [0, 0.1) is 11.8 Å². The summed E-state index contributed by atoms with van der Waals surface area (Å²) >= 11 is 0. The van der Waals surface area contributed by atoms with Gasteiger partial charge in [-0.1, -0.05) is 60.7 Å². The van der Waals surface area contributed by atoms with E-state index in [0.29, 0.717) is 6.54 Å². The van der Waals surface area contributed by atoms with E-state index in [4.69, 9.17) is 4.74 Å². The molecule has 0 radical (unpaired) electrons. The van der Waals surface area contributed by atoms with Crippen LogP contribution in [0.3, 0.4) is 0 Å². The van der Waals surface area contributed by atoms with Crippen LogP contribution >= 0.6 is 0 Å². The van der Waals surface area contributed by atoms with E-state index in [9.17, 15) is 15.0 Å². The van der Waals surface area contributed by atoms with E-state index < -0.39 is 12.1 Å². The minimum absolute atomic E-state index is 0.118. The van der Waals surface area contributed by atoms with Gasteiger partial charge in [0.1, 0.15) is 0 Å². The highest BCUT2D eigenvalue weighted by atomic mass is 16.5. The highest BCUT2D eigenvalue weighted by Crippen LogP contribution is 2.62. The molecule has 0 aliphatic heterocycles. The van der Waals surface area contributed by atoms with E-state index in [-0.39, 0.29) is 36.0 Å². The Morgan fingerprint density at radius 3 is 2.66 bits per heavy atom. The molecule has 1 saturated carbocycles. The number of aliphatic carboxylic acids is 1. The van der Waals surface area contributed by atoms with Gasteiger partial charge in [-0.2, -0.15) is 0 Å². The Bertz CT molecular complexity index is 1240. The maximum absolute atomic E-state index is 11.5. The number of hydrogen-bond donors (Lipinski definition) is 3. The van der Waals surface area contributed by atoms with Gasteiger partial charge in [-0.3, -0.25) is 4.79 Å². The van der Waals surface area contributed by atoms with E-state index in [2.05, 4.69) is 67.7 Å². The second-order valence-electron chi connectivity index (χ2n) is 10.9. The van der Waals surface area contributed by atoms with Crippen molar-refractivity contribution in [2.24, 2.45) is 11.8 Å².